The van der Waals surface area contributed by atoms with Gasteiger partial charge in [0, 0.05) is 27.2 Å². The van der Waals surface area contributed by atoms with Gasteiger partial charge in [0.25, 0.3) is 0 Å². The molecule has 0 unspecified atom stereocenters. The van der Waals surface area contributed by atoms with Crippen LogP contribution in [0.2, 0.25) is 0 Å². The second-order valence-corrected chi connectivity index (χ2v) is 8.05. The zero-order chi connectivity index (χ0) is 21.3. The molecule has 0 aromatic rings. The summed E-state index contributed by atoms with van der Waals surface area (Å²) in [5.74, 6) is -1.89. The lowest BCUT2D eigenvalue weighted by atomic mass is 10.00. The highest BCUT2D eigenvalue weighted by Crippen LogP contribution is 2.46. The summed E-state index contributed by atoms with van der Waals surface area (Å²) in [6.45, 7) is 5.16. The Morgan fingerprint density at radius 2 is 1.69 bits per heavy atom. The van der Waals surface area contributed by atoms with Crippen LogP contribution in [-0.2, 0) is 47.6 Å². The van der Waals surface area contributed by atoms with E-state index in [1.165, 1.54) is 20.8 Å². The van der Waals surface area contributed by atoms with Gasteiger partial charge in [-0.3, -0.25) is 14.4 Å². The van der Waals surface area contributed by atoms with E-state index in [0.717, 1.165) is 11.8 Å². The van der Waals surface area contributed by atoms with E-state index in [-0.39, 0.29) is 17.6 Å². The maximum Gasteiger partial charge on any atom is 0.348 e. The Morgan fingerprint density at radius 3 is 2.31 bits per heavy atom. The van der Waals surface area contributed by atoms with Gasteiger partial charge in [-0.15, -0.1) is 11.8 Å². The van der Waals surface area contributed by atoms with E-state index in [4.69, 9.17) is 28.4 Å². The van der Waals surface area contributed by atoms with E-state index in [9.17, 15) is 19.2 Å². The molecule has 0 spiro atoms. The fourth-order valence-electron chi connectivity index (χ4n) is 3.33. The lowest BCUT2D eigenvalue weighted by Crippen LogP contribution is -2.61. The average molecular weight is 430 g/mol. The lowest BCUT2D eigenvalue weighted by Gasteiger charge is -2.47. The third-order valence-electron chi connectivity index (χ3n) is 4.38. The van der Waals surface area contributed by atoms with Crippen molar-refractivity contribution in [3.63, 3.8) is 0 Å². The first kappa shape index (κ1) is 21.4. The molecule has 1 saturated heterocycles. The number of esters is 4. The highest BCUT2D eigenvalue weighted by Gasteiger charge is 2.55. The molecule has 160 valence electrons. The van der Waals surface area contributed by atoms with Crippen LogP contribution in [-0.4, -0.2) is 66.4 Å². The van der Waals surface area contributed by atoms with Crippen molar-refractivity contribution in [1.29, 1.82) is 0 Å². The zero-order valence-corrected chi connectivity index (χ0v) is 17.2. The van der Waals surface area contributed by atoms with Gasteiger partial charge in [-0.1, -0.05) is 0 Å². The van der Waals surface area contributed by atoms with Gasteiger partial charge in [0.1, 0.15) is 34.7 Å². The second kappa shape index (κ2) is 8.62. The molecule has 0 aromatic carbocycles. The van der Waals surface area contributed by atoms with E-state index < -0.39 is 53.7 Å². The van der Waals surface area contributed by atoms with Crippen molar-refractivity contribution < 1.29 is 47.6 Å². The van der Waals surface area contributed by atoms with Crippen LogP contribution in [0.15, 0.2) is 10.7 Å². The molecule has 3 heterocycles. The average Bonchev–Trinajstić information content (AvgIpc) is 2.60. The molecule has 3 rings (SSSR count). The van der Waals surface area contributed by atoms with Gasteiger partial charge >= 0.3 is 23.9 Å². The summed E-state index contributed by atoms with van der Waals surface area (Å²) < 4.78 is 32.9. The first-order valence-corrected chi connectivity index (χ1v) is 9.94. The molecule has 0 saturated carbocycles. The molecule has 0 aromatic heterocycles. The van der Waals surface area contributed by atoms with Crippen molar-refractivity contribution in [1.82, 2.24) is 0 Å². The number of ether oxygens (including phenoxy) is 6. The fraction of sp³-hybridized carbons (Fsp3) is 0.667. The smallest absolute Gasteiger partial charge is 0.348 e. The highest BCUT2D eigenvalue weighted by atomic mass is 32.2. The largest absolute Gasteiger partial charge is 0.466 e. The number of thioether (sulfide) groups is 1. The summed E-state index contributed by atoms with van der Waals surface area (Å²) in [5.41, 5.74) is 0. The molecule has 0 aliphatic carbocycles. The fourth-order valence-corrected chi connectivity index (χ4v) is 4.58. The van der Waals surface area contributed by atoms with Gasteiger partial charge in [0.05, 0.1) is 0 Å². The Hall–Kier alpha value is -2.27. The van der Waals surface area contributed by atoms with Crippen molar-refractivity contribution in [2.24, 2.45) is 0 Å². The summed E-state index contributed by atoms with van der Waals surface area (Å²) >= 11 is 1.10. The Kier molecular flexibility index (Phi) is 6.37. The molecule has 0 bridgehead atoms. The van der Waals surface area contributed by atoms with E-state index >= 15 is 0 Å². The SMILES string of the molecule is CC(=O)OC[C@H]1O[C@@H]2OC3=C(S[C@@H]2[C@@H](OC(C)=O)[C@@H]1OC(C)=O)C(=O)O[C@@H](C)C3. The summed E-state index contributed by atoms with van der Waals surface area (Å²) in [5, 5.41) is -0.698. The molecule has 0 N–H and O–H groups in total. The van der Waals surface area contributed by atoms with Gasteiger partial charge in [0.2, 0.25) is 6.29 Å². The van der Waals surface area contributed by atoms with Gasteiger partial charge < -0.3 is 28.4 Å². The van der Waals surface area contributed by atoms with Gasteiger partial charge in [0.15, 0.2) is 12.2 Å². The van der Waals surface area contributed by atoms with Gasteiger partial charge in [-0.2, -0.15) is 0 Å². The maximum atomic E-state index is 12.3. The number of carbonyl (C=O) groups excluding carboxylic acids is 4. The first-order chi connectivity index (χ1) is 13.7. The molecule has 29 heavy (non-hydrogen) atoms. The van der Waals surface area contributed by atoms with Crippen molar-refractivity contribution in [3.8, 4) is 0 Å². The number of hydrogen-bond acceptors (Lipinski definition) is 11. The van der Waals surface area contributed by atoms with Crippen LogP contribution < -0.4 is 0 Å². The van der Waals surface area contributed by atoms with Crippen LogP contribution in [0.3, 0.4) is 0 Å². The molecule has 0 amide bonds. The topological polar surface area (TPSA) is 124 Å². The number of carbonyl (C=O) groups is 4. The maximum absolute atomic E-state index is 12.3. The molecule has 6 atom stereocenters. The summed E-state index contributed by atoms with van der Waals surface area (Å²) in [7, 11) is 0. The minimum Gasteiger partial charge on any atom is -0.466 e. The minimum absolute atomic E-state index is 0.230. The second-order valence-electron chi connectivity index (χ2n) is 6.87. The Morgan fingerprint density at radius 1 is 1.03 bits per heavy atom. The van der Waals surface area contributed by atoms with E-state index in [2.05, 4.69) is 0 Å². The quantitative estimate of drug-likeness (QED) is 0.465. The summed E-state index contributed by atoms with van der Waals surface area (Å²) in [6, 6.07) is 0. The van der Waals surface area contributed by atoms with Crippen LogP contribution in [0.25, 0.3) is 0 Å². The van der Waals surface area contributed by atoms with Crippen LogP contribution in [0.5, 0.6) is 0 Å². The Balaban J connectivity index is 1.93. The highest BCUT2D eigenvalue weighted by molar-refractivity contribution is 8.04. The molecular weight excluding hydrogens is 408 g/mol. The normalized spacial score (nSPS) is 33.4. The number of cyclic esters (lactones) is 1. The van der Waals surface area contributed by atoms with Gasteiger partial charge in [-0.25, -0.2) is 4.79 Å². The standard InChI is InChI=1S/C18H22O10S/c1-7-5-11-15(17(22)24-7)29-16-14(26-10(4)21)13(25-9(3)20)12(6-23-8(2)19)28-18(16)27-11/h7,12-14,16,18H,5-6H2,1-4H3/t7-,12+,13+,14-,16+,18-/m0/s1. The van der Waals surface area contributed by atoms with Crippen LogP contribution in [0.1, 0.15) is 34.1 Å². The van der Waals surface area contributed by atoms with E-state index in [1.54, 1.807) is 6.92 Å². The molecule has 3 aliphatic rings. The Bertz CT molecular complexity index is 747. The van der Waals surface area contributed by atoms with Crippen LogP contribution in [0.4, 0.5) is 0 Å². The van der Waals surface area contributed by atoms with Crippen LogP contribution >= 0.6 is 11.8 Å². The van der Waals surface area contributed by atoms with E-state index in [1.807, 2.05) is 0 Å². The van der Waals surface area contributed by atoms with Crippen molar-refractivity contribution in [3.05, 3.63) is 10.7 Å². The monoisotopic (exact) mass is 430 g/mol. The number of rotatable bonds is 4. The summed E-state index contributed by atoms with van der Waals surface area (Å²) in [6.07, 6.45) is -3.87. The van der Waals surface area contributed by atoms with Crippen molar-refractivity contribution in [2.75, 3.05) is 6.61 Å². The third kappa shape index (κ3) is 4.84. The predicted molar refractivity (Wildman–Crippen MR) is 96.1 cm³/mol. The molecule has 0 radical (unpaired) electrons. The number of hydrogen-bond donors (Lipinski definition) is 0. The van der Waals surface area contributed by atoms with Crippen LogP contribution in [0, 0.1) is 0 Å². The minimum atomic E-state index is -1.06. The molecule has 11 heteroatoms. The van der Waals surface area contributed by atoms with E-state index in [0.29, 0.717) is 12.2 Å². The Labute approximate surface area is 171 Å². The molecule has 3 aliphatic heterocycles. The zero-order valence-electron chi connectivity index (χ0n) is 16.4. The molecular formula is C18H22O10S. The first-order valence-electron chi connectivity index (χ1n) is 9.06. The van der Waals surface area contributed by atoms with Crippen molar-refractivity contribution >= 4 is 35.6 Å². The third-order valence-corrected chi connectivity index (χ3v) is 5.77. The summed E-state index contributed by atoms with van der Waals surface area (Å²) in [4.78, 5) is 47.2. The predicted octanol–water partition coefficient (Wildman–Crippen LogP) is 0.817. The number of fused-ring (bicyclic) bond motifs is 1. The molecule has 10 nitrogen and oxygen atoms in total. The van der Waals surface area contributed by atoms with Gasteiger partial charge in [-0.05, 0) is 6.92 Å². The lowest BCUT2D eigenvalue weighted by molar-refractivity contribution is -0.256. The van der Waals surface area contributed by atoms with Crippen molar-refractivity contribution in [2.45, 2.75) is 70.1 Å². The molecule has 1 fully saturated rings.